The van der Waals surface area contributed by atoms with E-state index in [2.05, 4.69) is 20.0 Å². The molecule has 5 rings (SSSR count). The zero-order valence-electron chi connectivity index (χ0n) is 22.0. The molecule has 13 heteroatoms. The standard InChI is InChI=1S/C27H31Cl2N5O5S/c1-17-13-26(35)34(31-17)19-3-2-4-22(14-19)40(37,38)32-27(36)25-16-21(39-20-5-6-23(28)24(29)15-20)9-12-33(25)18-7-10-30-11-8-18/h2-6,14-15,18,21,25,30H,7-13,16H2,1H3,(H,32,36). The van der Waals surface area contributed by atoms with Gasteiger partial charge in [-0.1, -0.05) is 29.3 Å². The van der Waals surface area contributed by atoms with Crippen molar-refractivity contribution in [2.24, 2.45) is 5.10 Å². The Kier molecular flexibility index (Phi) is 8.67. The molecule has 3 aliphatic heterocycles. The van der Waals surface area contributed by atoms with E-state index in [0.29, 0.717) is 46.6 Å². The average Bonchev–Trinajstić information content (AvgIpc) is 3.28. The number of ether oxygens (including phenoxy) is 1. The molecule has 2 aromatic rings. The van der Waals surface area contributed by atoms with Crippen LogP contribution in [0.25, 0.3) is 0 Å². The molecule has 0 aromatic heterocycles. The molecule has 3 heterocycles. The number of benzene rings is 2. The van der Waals surface area contributed by atoms with E-state index in [1.54, 1.807) is 31.2 Å². The first-order chi connectivity index (χ1) is 19.1. The lowest BCUT2D eigenvalue weighted by atomic mass is 9.93. The van der Waals surface area contributed by atoms with Crippen molar-refractivity contribution in [2.45, 2.75) is 62.1 Å². The summed E-state index contributed by atoms with van der Waals surface area (Å²) in [6.45, 7) is 3.98. The predicted molar refractivity (Wildman–Crippen MR) is 153 cm³/mol. The van der Waals surface area contributed by atoms with Gasteiger partial charge in [-0.3, -0.25) is 14.5 Å². The molecule has 2 saturated heterocycles. The number of carbonyl (C=O) groups excluding carboxylic acids is 2. The zero-order chi connectivity index (χ0) is 28.4. The second-order valence-electron chi connectivity index (χ2n) is 10.3. The lowest BCUT2D eigenvalue weighted by Gasteiger charge is -2.44. The van der Waals surface area contributed by atoms with Gasteiger partial charge in [-0.05, 0) is 69.6 Å². The number of hydrogen-bond donors (Lipinski definition) is 2. The smallest absolute Gasteiger partial charge is 0.264 e. The highest BCUT2D eigenvalue weighted by Crippen LogP contribution is 2.31. The van der Waals surface area contributed by atoms with Crippen molar-refractivity contribution in [3.05, 3.63) is 52.5 Å². The van der Waals surface area contributed by atoms with Crippen LogP contribution in [0.1, 0.15) is 39.0 Å². The third-order valence-corrected chi connectivity index (χ3v) is 9.47. The molecule has 3 aliphatic rings. The third-order valence-electron chi connectivity index (χ3n) is 7.39. The van der Waals surface area contributed by atoms with Gasteiger partial charge < -0.3 is 10.1 Å². The van der Waals surface area contributed by atoms with Crippen LogP contribution in [0.2, 0.25) is 10.0 Å². The van der Waals surface area contributed by atoms with Gasteiger partial charge in [0.1, 0.15) is 11.9 Å². The van der Waals surface area contributed by atoms with Gasteiger partial charge in [0.15, 0.2) is 0 Å². The van der Waals surface area contributed by atoms with Crippen molar-refractivity contribution in [2.75, 3.05) is 24.6 Å². The third kappa shape index (κ3) is 6.44. The van der Waals surface area contributed by atoms with Crippen LogP contribution < -0.4 is 19.8 Å². The molecule has 2 N–H and O–H groups in total. The number of rotatable bonds is 7. The number of nitrogens with one attached hydrogen (secondary N) is 2. The molecule has 10 nitrogen and oxygen atoms in total. The maximum absolute atomic E-state index is 13.6. The van der Waals surface area contributed by atoms with Gasteiger partial charge in [0.2, 0.25) is 0 Å². The molecular weight excluding hydrogens is 577 g/mol. The molecule has 2 amide bonds. The number of likely N-dealkylation sites (tertiary alicyclic amines) is 1. The Balaban J connectivity index is 1.35. The minimum absolute atomic E-state index is 0.126. The molecule has 0 spiro atoms. The van der Waals surface area contributed by atoms with E-state index in [9.17, 15) is 18.0 Å². The van der Waals surface area contributed by atoms with Crippen LogP contribution in [0.4, 0.5) is 5.69 Å². The van der Waals surface area contributed by atoms with Gasteiger partial charge in [0.25, 0.3) is 21.8 Å². The van der Waals surface area contributed by atoms with E-state index in [0.717, 1.165) is 25.9 Å². The first-order valence-corrected chi connectivity index (χ1v) is 15.5. The van der Waals surface area contributed by atoms with Crippen molar-refractivity contribution in [3.8, 4) is 5.75 Å². The molecular formula is C27H31Cl2N5O5S. The van der Waals surface area contributed by atoms with E-state index in [4.69, 9.17) is 27.9 Å². The van der Waals surface area contributed by atoms with Crippen LogP contribution in [0, 0.1) is 0 Å². The highest BCUT2D eigenvalue weighted by molar-refractivity contribution is 7.90. The van der Waals surface area contributed by atoms with Gasteiger partial charge in [-0.15, -0.1) is 0 Å². The SMILES string of the molecule is CC1=NN(c2cccc(S(=O)(=O)NC(=O)C3CC(Oc4ccc(Cl)c(Cl)c4)CCN3C3CCNCC3)c2)C(=O)C1. The predicted octanol–water partition coefficient (Wildman–Crippen LogP) is 3.57. The van der Waals surface area contributed by atoms with Crippen LogP contribution in [0.5, 0.6) is 5.75 Å². The molecule has 2 unspecified atom stereocenters. The summed E-state index contributed by atoms with van der Waals surface area (Å²) in [7, 11) is -4.23. The van der Waals surface area contributed by atoms with Crippen molar-refractivity contribution in [3.63, 3.8) is 0 Å². The van der Waals surface area contributed by atoms with E-state index in [1.807, 2.05) is 0 Å². The Morgan fingerprint density at radius 3 is 2.58 bits per heavy atom. The molecule has 2 aromatic carbocycles. The monoisotopic (exact) mass is 607 g/mol. The van der Waals surface area contributed by atoms with Crippen LogP contribution in [-0.4, -0.2) is 68.7 Å². The fourth-order valence-corrected chi connectivity index (χ4v) is 6.77. The summed E-state index contributed by atoms with van der Waals surface area (Å²) in [5, 5.41) is 9.49. The largest absolute Gasteiger partial charge is 0.490 e. The Morgan fingerprint density at radius 1 is 1.10 bits per heavy atom. The molecule has 2 atom stereocenters. The van der Waals surface area contributed by atoms with Crippen LogP contribution >= 0.6 is 23.2 Å². The highest BCUT2D eigenvalue weighted by atomic mass is 35.5. The Hall–Kier alpha value is -2.70. The zero-order valence-corrected chi connectivity index (χ0v) is 24.3. The fourth-order valence-electron chi connectivity index (χ4n) is 5.43. The summed E-state index contributed by atoms with van der Waals surface area (Å²) in [6.07, 6.45) is 2.56. The topological polar surface area (TPSA) is 120 Å². The minimum Gasteiger partial charge on any atom is -0.490 e. The molecule has 0 aliphatic carbocycles. The van der Waals surface area contributed by atoms with Gasteiger partial charge in [0.05, 0.1) is 33.1 Å². The lowest BCUT2D eigenvalue weighted by Crippen LogP contribution is -2.58. The second kappa shape index (κ2) is 12.0. The van der Waals surface area contributed by atoms with E-state index >= 15 is 0 Å². The number of sulfonamides is 1. The van der Waals surface area contributed by atoms with Crippen molar-refractivity contribution < 1.29 is 22.7 Å². The number of hydrazone groups is 1. The fraction of sp³-hybridized carbons (Fsp3) is 0.444. The summed E-state index contributed by atoms with van der Waals surface area (Å²) in [4.78, 5) is 27.9. The normalized spacial score (nSPS) is 22.7. The molecule has 40 heavy (non-hydrogen) atoms. The number of carbonyl (C=O) groups is 2. The number of piperidine rings is 2. The number of nitrogens with zero attached hydrogens (tertiary/aromatic N) is 3. The number of halogens is 2. The summed E-state index contributed by atoms with van der Waals surface area (Å²) in [6, 6.07) is 10.3. The van der Waals surface area contributed by atoms with E-state index < -0.39 is 22.0 Å². The van der Waals surface area contributed by atoms with E-state index in [-0.39, 0.29) is 29.4 Å². The Bertz CT molecular complexity index is 1430. The minimum atomic E-state index is -4.23. The van der Waals surface area contributed by atoms with Crippen molar-refractivity contribution in [1.29, 1.82) is 0 Å². The maximum Gasteiger partial charge on any atom is 0.264 e. The molecule has 0 radical (unpaired) electrons. The quantitative estimate of drug-likeness (QED) is 0.493. The van der Waals surface area contributed by atoms with Crippen LogP contribution in [0.3, 0.4) is 0 Å². The van der Waals surface area contributed by atoms with Crippen molar-refractivity contribution >= 4 is 56.4 Å². The summed E-state index contributed by atoms with van der Waals surface area (Å²) < 4.78 is 35.2. The number of hydrogen-bond acceptors (Lipinski definition) is 8. The molecule has 0 bridgehead atoms. The molecule has 0 saturated carbocycles. The van der Waals surface area contributed by atoms with Crippen LogP contribution in [-0.2, 0) is 19.6 Å². The lowest BCUT2D eigenvalue weighted by molar-refractivity contribution is -0.129. The summed E-state index contributed by atoms with van der Waals surface area (Å²) in [5.41, 5.74) is 0.959. The second-order valence-corrected chi connectivity index (χ2v) is 12.8. The van der Waals surface area contributed by atoms with Gasteiger partial charge in [0, 0.05) is 30.8 Å². The first-order valence-electron chi connectivity index (χ1n) is 13.2. The number of anilines is 1. The first kappa shape index (κ1) is 28.8. The van der Waals surface area contributed by atoms with Crippen molar-refractivity contribution in [1.82, 2.24) is 14.9 Å². The van der Waals surface area contributed by atoms with Gasteiger partial charge >= 0.3 is 0 Å². The van der Waals surface area contributed by atoms with Gasteiger partial charge in [-0.2, -0.15) is 5.10 Å². The molecule has 214 valence electrons. The van der Waals surface area contributed by atoms with Gasteiger partial charge in [-0.25, -0.2) is 18.1 Å². The summed E-state index contributed by atoms with van der Waals surface area (Å²) >= 11 is 12.2. The highest BCUT2D eigenvalue weighted by Gasteiger charge is 2.40. The maximum atomic E-state index is 13.6. The van der Waals surface area contributed by atoms with E-state index in [1.165, 1.54) is 23.2 Å². The molecule has 2 fully saturated rings. The Labute approximate surface area is 243 Å². The number of amides is 2. The average molecular weight is 609 g/mol. The van der Waals surface area contributed by atoms with Crippen LogP contribution in [0.15, 0.2) is 52.5 Å². The summed E-state index contributed by atoms with van der Waals surface area (Å²) in [5.74, 6) is -0.325. The Morgan fingerprint density at radius 2 is 1.88 bits per heavy atom.